The molecule has 4 heteroatoms. The summed E-state index contributed by atoms with van der Waals surface area (Å²) in [5.41, 5.74) is 6.76. The second kappa shape index (κ2) is 5.71. The third kappa shape index (κ3) is 3.35. The molecule has 1 fully saturated rings. The van der Waals surface area contributed by atoms with E-state index in [0.717, 1.165) is 37.4 Å². The first-order chi connectivity index (χ1) is 8.16. The first-order valence-electron chi connectivity index (χ1n) is 5.96. The van der Waals surface area contributed by atoms with Gasteiger partial charge in [0.1, 0.15) is 11.9 Å². The summed E-state index contributed by atoms with van der Waals surface area (Å²) >= 11 is 6.16. The van der Waals surface area contributed by atoms with Crippen LogP contribution in [0.1, 0.15) is 31.4 Å². The van der Waals surface area contributed by atoms with Gasteiger partial charge in [0.25, 0.3) is 0 Å². The molecular weight excluding hydrogens is 238 g/mol. The molecule has 0 radical (unpaired) electrons. The van der Waals surface area contributed by atoms with Crippen LogP contribution in [0.4, 0.5) is 0 Å². The number of rotatable bonds is 3. The van der Waals surface area contributed by atoms with Gasteiger partial charge < -0.3 is 15.2 Å². The molecule has 1 aromatic rings. The zero-order chi connectivity index (χ0) is 12.3. The van der Waals surface area contributed by atoms with Crippen molar-refractivity contribution in [1.82, 2.24) is 0 Å². The van der Waals surface area contributed by atoms with E-state index < -0.39 is 0 Å². The average Bonchev–Trinajstić information content (AvgIpc) is 2.30. The minimum atomic E-state index is -0.0559. The number of nitrogens with two attached hydrogens (primary N) is 1. The highest BCUT2D eigenvalue weighted by molar-refractivity contribution is 6.31. The Kier molecular flexibility index (Phi) is 4.26. The average molecular weight is 256 g/mol. The normalized spacial score (nSPS) is 19.0. The van der Waals surface area contributed by atoms with Crippen LogP contribution in [-0.2, 0) is 4.74 Å². The Balaban J connectivity index is 2.04. The van der Waals surface area contributed by atoms with Crippen LogP contribution in [0.15, 0.2) is 18.2 Å². The summed E-state index contributed by atoms with van der Waals surface area (Å²) in [4.78, 5) is 0. The van der Waals surface area contributed by atoms with E-state index >= 15 is 0 Å². The molecule has 0 amide bonds. The molecule has 2 rings (SSSR count). The minimum Gasteiger partial charge on any atom is -0.490 e. The molecule has 0 saturated carbocycles. The van der Waals surface area contributed by atoms with E-state index in [2.05, 4.69) is 0 Å². The van der Waals surface area contributed by atoms with Crippen molar-refractivity contribution in [2.24, 2.45) is 5.73 Å². The molecule has 2 N–H and O–H groups in total. The van der Waals surface area contributed by atoms with E-state index in [1.165, 1.54) is 0 Å². The molecule has 0 aromatic heterocycles. The zero-order valence-electron chi connectivity index (χ0n) is 9.99. The third-order valence-electron chi connectivity index (χ3n) is 2.93. The highest BCUT2D eigenvalue weighted by atomic mass is 35.5. The molecule has 0 bridgehead atoms. The van der Waals surface area contributed by atoms with Gasteiger partial charge in [0, 0.05) is 23.9 Å². The molecule has 0 spiro atoms. The summed E-state index contributed by atoms with van der Waals surface area (Å²) in [6.07, 6.45) is 2.11. The summed E-state index contributed by atoms with van der Waals surface area (Å²) < 4.78 is 11.2. The maximum Gasteiger partial charge on any atom is 0.121 e. The van der Waals surface area contributed by atoms with Crippen molar-refractivity contribution in [2.75, 3.05) is 13.2 Å². The highest BCUT2D eigenvalue weighted by Gasteiger charge is 2.16. The number of hydrogen-bond donors (Lipinski definition) is 1. The van der Waals surface area contributed by atoms with E-state index in [0.29, 0.717) is 5.02 Å². The Morgan fingerprint density at radius 1 is 1.41 bits per heavy atom. The number of ether oxygens (including phenoxy) is 2. The molecule has 1 aliphatic rings. The van der Waals surface area contributed by atoms with Crippen LogP contribution in [0.25, 0.3) is 0 Å². The lowest BCUT2D eigenvalue weighted by Crippen LogP contribution is -2.25. The fourth-order valence-corrected chi connectivity index (χ4v) is 2.28. The molecule has 1 saturated heterocycles. The van der Waals surface area contributed by atoms with Gasteiger partial charge in [-0.1, -0.05) is 17.7 Å². The molecule has 0 aliphatic carbocycles. The van der Waals surface area contributed by atoms with Crippen molar-refractivity contribution in [1.29, 1.82) is 0 Å². The van der Waals surface area contributed by atoms with Gasteiger partial charge in [0.15, 0.2) is 0 Å². The Morgan fingerprint density at radius 2 is 2.12 bits per heavy atom. The van der Waals surface area contributed by atoms with Crippen LogP contribution in [0.3, 0.4) is 0 Å². The number of halogens is 1. The SMILES string of the molecule is CC(N)c1ccc(OC2CCOCC2)cc1Cl. The van der Waals surface area contributed by atoms with Crippen molar-refractivity contribution < 1.29 is 9.47 Å². The third-order valence-corrected chi connectivity index (χ3v) is 3.26. The maximum absolute atomic E-state index is 6.16. The molecule has 17 heavy (non-hydrogen) atoms. The molecule has 1 heterocycles. The largest absolute Gasteiger partial charge is 0.490 e. The smallest absolute Gasteiger partial charge is 0.121 e. The van der Waals surface area contributed by atoms with Gasteiger partial charge in [-0.25, -0.2) is 0 Å². The molecule has 1 unspecified atom stereocenters. The Hall–Kier alpha value is -0.770. The quantitative estimate of drug-likeness (QED) is 0.903. The molecule has 94 valence electrons. The molecular formula is C13H18ClNO2. The van der Waals surface area contributed by atoms with Crippen LogP contribution in [0.5, 0.6) is 5.75 Å². The van der Waals surface area contributed by atoms with Crippen LogP contribution < -0.4 is 10.5 Å². The summed E-state index contributed by atoms with van der Waals surface area (Å²) in [6.45, 7) is 3.47. The molecule has 1 aromatic carbocycles. The van der Waals surface area contributed by atoms with Crippen molar-refractivity contribution in [3.05, 3.63) is 28.8 Å². The van der Waals surface area contributed by atoms with Crippen molar-refractivity contribution >= 4 is 11.6 Å². The van der Waals surface area contributed by atoms with Crippen molar-refractivity contribution in [2.45, 2.75) is 31.9 Å². The zero-order valence-corrected chi connectivity index (χ0v) is 10.7. The van der Waals surface area contributed by atoms with Gasteiger partial charge in [0.05, 0.1) is 13.2 Å². The Labute approximate surface area is 107 Å². The van der Waals surface area contributed by atoms with E-state index in [4.69, 9.17) is 26.8 Å². The second-order valence-electron chi connectivity index (χ2n) is 4.40. The lowest BCUT2D eigenvalue weighted by atomic mass is 10.1. The predicted octanol–water partition coefficient (Wildman–Crippen LogP) is 2.92. The topological polar surface area (TPSA) is 44.5 Å². The summed E-state index contributed by atoms with van der Waals surface area (Å²) in [6, 6.07) is 5.65. The van der Waals surface area contributed by atoms with E-state index in [9.17, 15) is 0 Å². The lowest BCUT2D eigenvalue weighted by Gasteiger charge is -2.23. The standard InChI is InChI=1S/C13H18ClNO2/c1-9(15)12-3-2-11(8-13(12)14)17-10-4-6-16-7-5-10/h2-3,8-10H,4-7,15H2,1H3. The fourth-order valence-electron chi connectivity index (χ4n) is 1.94. The fraction of sp³-hybridized carbons (Fsp3) is 0.538. The second-order valence-corrected chi connectivity index (χ2v) is 4.81. The predicted molar refractivity (Wildman–Crippen MR) is 68.5 cm³/mol. The summed E-state index contributed by atoms with van der Waals surface area (Å²) in [5.74, 6) is 0.811. The summed E-state index contributed by atoms with van der Waals surface area (Å²) in [7, 11) is 0. The Bertz CT molecular complexity index is 376. The molecule has 1 atom stereocenters. The van der Waals surface area contributed by atoms with Crippen LogP contribution in [0, 0.1) is 0 Å². The minimum absolute atomic E-state index is 0.0559. The monoisotopic (exact) mass is 255 g/mol. The van der Waals surface area contributed by atoms with Crippen LogP contribution in [0.2, 0.25) is 5.02 Å². The van der Waals surface area contributed by atoms with E-state index in [1.54, 1.807) is 0 Å². The lowest BCUT2D eigenvalue weighted by molar-refractivity contribution is 0.0256. The van der Waals surface area contributed by atoms with Crippen molar-refractivity contribution in [3.63, 3.8) is 0 Å². The first-order valence-corrected chi connectivity index (χ1v) is 6.34. The number of benzene rings is 1. The van der Waals surface area contributed by atoms with Gasteiger partial charge in [-0.05, 0) is 24.6 Å². The Morgan fingerprint density at radius 3 is 2.71 bits per heavy atom. The van der Waals surface area contributed by atoms with Crippen molar-refractivity contribution in [3.8, 4) is 5.75 Å². The van der Waals surface area contributed by atoms with Crippen LogP contribution >= 0.6 is 11.6 Å². The van der Waals surface area contributed by atoms with Gasteiger partial charge in [-0.15, -0.1) is 0 Å². The van der Waals surface area contributed by atoms with Gasteiger partial charge in [-0.2, -0.15) is 0 Å². The van der Waals surface area contributed by atoms with Gasteiger partial charge in [-0.3, -0.25) is 0 Å². The molecule has 3 nitrogen and oxygen atoms in total. The van der Waals surface area contributed by atoms with Gasteiger partial charge in [0.2, 0.25) is 0 Å². The first kappa shape index (κ1) is 12.7. The van der Waals surface area contributed by atoms with Crippen LogP contribution in [-0.4, -0.2) is 19.3 Å². The highest BCUT2D eigenvalue weighted by Crippen LogP contribution is 2.27. The van der Waals surface area contributed by atoms with E-state index in [-0.39, 0.29) is 12.1 Å². The molecule has 1 aliphatic heterocycles. The van der Waals surface area contributed by atoms with E-state index in [1.807, 2.05) is 25.1 Å². The summed E-state index contributed by atoms with van der Waals surface area (Å²) in [5, 5.41) is 0.671. The maximum atomic E-state index is 6.16. The number of hydrogen-bond acceptors (Lipinski definition) is 3. The van der Waals surface area contributed by atoms with Gasteiger partial charge >= 0.3 is 0 Å².